The van der Waals surface area contributed by atoms with E-state index in [9.17, 15) is 4.79 Å². The number of nitrogens with one attached hydrogen (secondary N) is 2. The Morgan fingerprint density at radius 2 is 2.31 bits per heavy atom. The molecule has 0 saturated carbocycles. The second kappa shape index (κ2) is 6.21. The normalized spacial score (nSPS) is 21.8. The summed E-state index contributed by atoms with van der Waals surface area (Å²) < 4.78 is 4.92. The van der Waals surface area contributed by atoms with Crippen LogP contribution in [-0.2, 0) is 9.53 Å². The van der Waals surface area contributed by atoms with E-state index >= 15 is 0 Å². The number of piperidine rings is 1. The van der Waals surface area contributed by atoms with Gasteiger partial charge < -0.3 is 15.4 Å². The number of rotatable bonds is 5. The minimum absolute atomic E-state index is 0.137. The molecule has 1 atom stereocenters. The highest BCUT2D eigenvalue weighted by atomic mass is 16.5. The molecule has 4 heteroatoms. The lowest BCUT2D eigenvalue weighted by Crippen LogP contribution is -2.47. The summed E-state index contributed by atoms with van der Waals surface area (Å²) in [6, 6.07) is 0. The molecule has 0 aromatic heterocycles. The lowest BCUT2D eigenvalue weighted by Gasteiger charge is -2.36. The van der Waals surface area contributed by atoms with Crippen molar-refractivity contribution < 1.29 is 9.53 Å². The van der Waals surface area contributed by atoms with E-state index in [2.05, 4.69) is 10.6 Å². The number of carbonyl (C=O) groups excluding carboxylic acids is 1. The Morgan fingerprint density at radius 1 is 1.56 bits per heavy atom. The molecule has 1 rings (SSSR count). The van der Waals surface area contributed by atoms with Crippen LogP contribution in [0.3, 0.4) is 0 Å². The van der Waals surface area contributed by atoms with Crippen LogP contribution in [0.15, 0.2) is 0 Å². The maximum absolute atomic E-state index is 12.0. The number of amides is 1. The highest BCUT2D eigenvalue weighted by Crippen LogP contribution is 2.31. The molecule has 2 N–H and O–H groups in total. The molecule has 0 bridgehead atoms. The molecular formula is C12H24N2O2. The molecule has 0 spiro atoms. The zero-order valence-corrected chi connectivity index (χ0v) is 10.6. The monoisotopic (exact) mass is 228 g/mol. The third-order valence-electron chi connectivity index (χ3n) is 3.49. The summed E-state index contributed by atoms with van der Waals surface area (Å²) in [6.07, 6.45) is 2.30. The fraction of sp³-hybridized carbons (Fsp3) is 0.917. The Balaban J connectivity index is 2.43. The van der Waals surface area contributed by atoms with E-state index in [4.69, 9.17) is 4.74 Å². The quantitative estimate of drug-likeness (QED) is 0.684. The van der Waals surface area contributed by atoms with Crippen molar-refractivity contribution in [2.24, 2.45) is 11.3 Å². The molecule has 1 fully saturated rings. The largest absolute Gasteiger partial charge is 0.383 e. The van der Waals surface area contributed by atoms with Gasteiger partial charge in [0.15, 0.2) is 0 Å². The second-order valence-corrected chi connectivity index (χ2v) is 5.01. The molecule has 1 heterocycles. The highest BCUT2D eigenvalue weighted by molar-refractivity contribution is 5.82. The van der Waals surface area contributed by atoms with Crippen LogP contribution in [-0.4, -0.2) is 39.3 Å². The Kier molecular flexibility index (Phi) is 5.22. The van der Waals surface area contributed by atoms with Crippen LogP contribution < -0.4 is 10.6 Å². The van der Waals surface area contributed by atoms with E-state index in [1.807, 2.05) is 13.8 Å². The summed E-state index contributed by atoms with van der Waals surface area (Å²) in [4.78, 5) is 12.0. The molecule has 0 aliphatic carbocycles. The average Bonchev–Trinajstić information content (AvgIpc) is 2.30. The van der Waals surface area contributed by atoms with E-state index < -0.39 is 0 Å². The minimum Gasteiger partial charge on any atom is -0.383 e. The molecule has 1 saturated heterocycles. The maximum Gasteiger partial charge on any atom is 0.226 e. The summed E-state index contributed by atoms with van der Waals surface area (Å²) in [5.74, 6) is 0.571. The van der Waals surface area contributed by atoms with Crippen LogP contribution in [0.5, 0.6) is 0 Å². The van der Waals surface area contributed by atoms with Crippen molar-refractivity contribution >= 4 is 5.91 Å². The molecule has 16 heavy (non-hydrogen) atoms. The second-order valence-electron chi connectivity index (χ2n) is 5.01. The summed E-state index contributed by atoms with van der Waals surface area (Å²) in [7, 11) is 1.64. The number of ether oxygens (including phenoxy) is 1. The summed E-state index contributed by atoms with van der Waals surface area (Å²) >= 11 is 0. The van der Waals surface area contributed by atoms with Gasteiger partial charge in [-0.3, -0.25) is 4.79 Å². The first-order valence-corrected chi connectivity index (χ1v) is 6.07. The van der Waals surface area contributed by atoms with Gasteiger partial charge in [-0.25, -0.2) is 0 Å². The SMILES string of the molecule is COCCNC(=O)C(C)(C)C1CCCNC1. The molecule has 0 aromatic carbocycles. The minimum atomic E-state index is -0.291. The smallest absolute Gasteiger partial charge is 0.226 e. The van der Waals surface area contributed by atoms with Gasteiger partial charge >= 0.3 is 0 Å². The molecular weight excluding hydrogens is 204 g/mol. The van der Waals surface area contributed by atoms with Gasteiger partial charge in [-0.05, 0) is 31.8 Å². The molecule has 1 unspecified atom stereocenters. The van der Waals surface area contributed by atoms with E-state index in [-0.39, 0.29) is 11.3 Å². The van der Waals surface area contributed by atoms with E-state index in [0.717, 1.165) is 19.5 Å². The predicted octanol–water partition coefficient (Wildman–Crippen LogP) is 0.775. The van der Waals surface area contributed by atoms with Crippen molar-refractivity contribution in [3.05, 3.63) is 0 Å². The van der Waals surface area contributed by atoms with Gasteiger partial charge in [0.25, 0.3) is 0 Å². The number of hydrogen-bond acceptors (Lipinski definition) is 3. The third-order valence-corrected chi connectivity index (χ3v) is 3.49. The number of methoxy groups -OCH3 is 1. The van der Waals surface area contributed by atoms with Crippen LogP contribution >= 0.6 is 0 Å². The lowest BCUT2D eigenvalue weighted by atomic mass is 9.74. The molecule has 1 aliphatic heterocycles. The Hall–Kier alpha value is -0.610. The van der Waals surface area contributed by atoms with Crippen LogP contribution in [0.4, 0.5) is 0 Å². The molecule has 1 aliphatic rings. The Morgan fingerprint density at radius 3 is 2.88 bits per heavy atom. The van der Waals surface area contributed by atoms with Gasteiger partial charge in [-0.2, -0.15) is 0 Å². The van der Waals surface area contributed by atoms with Crippen LogP contribution in [0.1, 0.15) is 26.7 Å². The molecule has 4 nitrogen and oxygen atoms in total. The first-order valence-electron chi connectivity index (χ1n) is 6.07. The van der Waals surface area contributed by atoms with Gasteiger partial charge in [0.2, 0.25) is 5.91 Å². The van der Waals surface area contributed by atoms with Crippen molar-refractivity contribution in [1.82, 2.24) is 10.6 Å². The van der Waals surface area contributed by atoms with Gasteiger partial charge in [-0.1, -0.05) is 13.8 Å². The first-order chi connectivity index (χ1) is 7.59. The summed E-state index contributed by atoms with van der Waals surface area (Å²) in [5.41, 5.74) is -0.291. The topological polar surface area (TPSA) is 50.4 Å². The van der Waals surface area contributed by atoms with Gasteiger partial charge in [-0.15, -0.1) is 0 Å². The molecule has 0 aromatic rings. The molecule has 0 radical (unpaired) electrons. The van der Waals surface area contributed by atoms with Gasteiger partial charge in [0.1, 0.15) is 0 Å². The first kappa shape index (κ1) is 13.5. The zero-order chi connectivity index (χ0) is 12.0. The van der Waals surface area contributed by atoms with Crippen molar-refractivity contribution in [3.63, 3.8) is 0 Å². The van der Waals surface area contributed by atoms with Crippen LogP contribution in [0, 0.1) is 11.3 Å². The fourth-order valence-corrected chi connectivity index (χ4v) is 2.15. The van der Waals surface area contributed by atoms with Crippen molar-refractivity contribution in [2.45, 2.75) is 26.7 Å². The van der Waals surface area contributed by atoms with Crippen molar-refractivity contribution in [1.29, 1.82) is 0 Å². The van der Waals surface area contributed by atoms with E-state index in [0.29, 0.717) is 19.1 Å². The van der Waals surface area contributed by atoms with Crippen LogP contribution in [0.2, 0.25) is 0 Å². The number of hydrogen-bond donors (Lipinski definition) is 2. The Labute approximate surface area is 98.1 Å². The van der Waals surface area contributed by atoms with Crippen LogP contribution in [0.25, 0.3) is 0 Å². The van der Waals surface area contributed by atoms with Crippen molar-refractivity contribution in [3.8, 4) is 0 Å². The predicted molar refractivity (Wildman–Crippen MR) is 64.3 cm³/mol. The van der Waals surface area contributed by atoms with Gasteiger partial charge in [0, 0.05) is 19.1 Å². The lowest BCUT2D eigenvalue weighted by molar-refractivity contribution is -0.132. The molecule has 94 valence electrons. The Bertz CT molecular complexity index is 223. The highest BCUT2D eigenvalue weighted by Gasteiger charge is 2.36. The fourth-order valence-electron chi connectivity index (χ4n) is 2.15. The summed E-state index contributed by atoms with van der Waals surface area (Å²) in [5, 5.41) is 6.29. The number of carbonyl (C=O) groups is 1. The van der Waals surface area contributed by atoms with Crippen molar-refractivity contribution in [2.75, 3.05) is 33.4 Å². The maximum atomic E-state index is 12.0. The zero-order valence-electron chi connectivity index (χ0n) is 10.6. The van der Waals surface area contributed by atoms with E-state index in [1.165, 1.54) is 6.42 Å². The molecule has 1 amide bonds. The summed E-state index contributed by atoms with van der Waals surface area (Å²) in [6.45, 7) is 7.27. The third kappa shape index (κ3) is 3.46. The van der Waals surface area contributed by atoms with Gasteiger partial charge in [0.05, 0.1) is 6.61 Å². The standard InChI is InChI=1S/C12H24N2O2/c1-12(2,10-5-4-6-13-9-10)11(15)14-7-8-16-3/h10,13H,4-9H2,1-3H3,(H,14,15). The average molecular weight is 228 g/mol. The van der Waals surface area contributed by atoms with E-state index in [1.54, 1.807) is 7.11 Å².